The van der Waals surface area contributed by atoms with Gasteiger partial charge in [0, 0.05) is 28.4 Å². The van der Waals surface area contributed by atoms with Gasteiger partial charge in [-0.3, -0.25) is 9.52 Å². The Balaban J connectivity index is 1.74. The molecular weight excluding hydrogens is 384 g/mol. The first-order valence-corrected chi connectivity index (χ1v) is 9.63. The van der Waals surface area contributed by atoms with Crippen molar-refractivity contribution in [2.24, 2.45) is 0 Å². The Morgan fingerprint density at radius 1 is 1.08 bits per heavy atom. The van der Waals surface area contributed by atoms with Crippen molar-refractivity contribution in [3.63, 3.8) is 0 Å². The molecule has 1 amide bonds. The molecule has 2 aromatic heterocycles. The Hall–Kier alpha value is -2.49. The SMILES string of the molecule is O=C(Nc1cc(Cl)ccn1)c1ccc(S(=O)(=O)Nc2nccs2)cc1. The van der Waals surface area contributed by atoms with E-state index in [0.29, 0.717) is 10.8 Å². The summed E-state index contributed by atoms with van der Waals surface area (Å²) in [5.41, 5.74) is 0.287. The zero-order valence-electron chi connectivity index (χ0n) is 12.5. The molecule has 0 aliphatic rings. The summed E-state index contributed by atoms with van der Waals surface area (Å²) in [6.45, 7) is 0. The second-order valence-corrected chi connectivity index (χ2v) is 7.79. The summed E-state index contributed by atoms with van der Waals surface area (Å²) in [6, 6.07) is 8.61. The predicted octanol–water partition coefficient (Wildman–Crippen LogP) is 3.24. The molecule has 25 heavy (non-hydrogen) atoms. The molecule has 0 radical (unpaired) electrons. The van der Waals surface area contributed by atoms with Gasteiger partial charge in [0.15, 0.2) is 5.13 Å². The molecule has 3 rings (SSSR count). The number of hydrogen-bond donors (Lipinski definition) is 2. The molecule has 0 aliphatic carbocycles. The van der Waals surface area contributed by atoms with Crippen LogP contribution in [0.5, 0.6) is 0 Å². The summed E-state index contributed by atoms with van der Waals surface area (Å²) in [5, 5.41) is 4.96. The van der Waals surface area contributed by atoms with E-state index in [1.165, 1.54) is 54.1 Å². The molecule has 0 saturated heterocycles. The van der Waals surface area contributed by atoms with Crippen LogP contribution in [-0.2, 0) is 10.0 Å². The first kappa shape index (κ1) is 17.3. The van der Waals surface area contributed by atoms with Crippen LogP contribution in [0.15, 0.2) is 59.1 Å². The van der Waals surface area contributed by atoms with Crippen LogP contribution in [-0.4, -0.2) is 24.3 Å². The first-order chi connectivity index (χ1) is 11.9. The lowest BCUT2D eigenvalue weighted by Gasteiger charge is -2.07. The number of nitrogens with one attached hydrogen (secondary N) is 2. The molecule has 0 spiro atoms. The zero-order valence-corrected chi connectivity index (χ0v) is 14.9. The van der Waals surface area contributed by atoms with Crippen molar-refractivity contribution in [1.29, 1.82) is 0 Å². The number of pyridine rings is 1. The second kappa shape index (κ2) is 7.18. The van der Waals surface area contributed by atoms with Crippen molar-refractivity contribution in [2.45, 2.75) is 4.90 Å². The fraction of sp³-hybridized carbons (Fsp3) is 0. The van der Waals surface area contributed by atoms with Crippen LogP contribution in [0.25, 0.3) is 0 Å². The fourth-order valence-corrected chi connectivity index (χ4v) is 3.84. The predicted molar refractivity (Wildman–Crippen MR) is 96.6 cm³/mol. The lowest BCUT2D eigenvalue weighted by atomic mass is 10.2. The van der Waals surface area contributed by atoms with E-state index in [2.05, 4.69) is 20.0 Å². The van der Waals surface area contributed by atoms with Gasteiger partial charge in [0.1, 0.15) is 5.82 Å². The minimum Gasteiger partial charge on any atom is -0.307 e. The molecule has 2 heterocycles. The highest BCUT2D eigenvalue weighted by molar-refractivity contribution is 7.93. The van der Waals surface area contributed by atoms with Crippen LogP contribution in [0, 0.1) is 0 Å². The highest BCUT2D eigenvalue weighted by Gasteiger charge is 2.16. The molecule has 0 unspecified atom stereocenters. The maximum atomic E-state index is 12.2. The van der Waals surface area contributed by atoms with E-state index in [0.717, 1.165) is 0 Å². The highest BCUT2D eigenvalue weighted by Crippen LogP contribution is 2.19. The Bertz CT molecular complexity index is 990. The molecule has 10 heteroatoms. The summed E-state index contributed by atoms with van der Waals surface area (Å²) in [6.07, 6.45) is 2.97. The van der Waals surface area contributed by atoms with Gasteiger partial charge in [0.05, 0.1) is 4.90 Å². The van der Waals surface area contributed by atoms with Crippen LogP contribution in [0.4, 0.5) is 10.9 Å². The summed E-state index contributed by atoms with van der Waals surface area (Å²) in [4.78, 5) is 20.1. The molecule has 0 atom stereocenters. The number of anilines is 2. The number of aromatic nitrogens is 2. The number of benzene rings is 1. The van der Waals surface area contributed by atoms with Gasteiger partial charge < -0.3 is 5.32 Å². The topological polar surface area (TPSA) is 101 Å². The van der Waals surface area contributed by atoms with Gasteiger partial charge in [0.2, 0.25) is 0 Å². The number of sulfonamides is 1. The average Bonchev–Trinajstić information content (AvgIpc) is 3.07. The maximum Gasteiger partial charge on any atom is 0.263 e. The third-order valence-electron chi connectivity index (χ3n) is 3.04. The van der Waals surface area contributed by atoms with Gasteiger partial charge >= 0.3 is 0 Å². The molecule has 7 nitrogen and oxygen atoms in total. The third-order valence-corrected chi connectivity index (χ3v) is 5.45. The van der Waals surface area contributed by atoms with Crippen molar-refractivity contribution < 1.29 is 13.2 Å². The number of halogens is 1. The monoisotopic (exact) mass is 394 g/mol. The van der Waals surface area contributed by atoms with Gasteiger partial charge in [-0.2, -0.15) is 0 Å². The van der Waals surface area contributed by atoms with Gasteiger partial charge in [-0.25, -0.2) is 18.4 Å². The number of hydrogen-bond acceptors (Lipinski definition) is 6. The van der Waals surface area contributed by atoms with Crippen molar-refractivity contribution in [3.05, 3.63) is 64.8 Å². The van der Waals surface area contributed by atoms with E-state index >= 15 is 0 Å². The van der Waals surface area contributed by atoms with E-state index in [9.17, 15) is 13.2 Å². The summed E-state index contributed by atoms with van der Waals surface area (Å²) in [7, 11) is -3.75. The maximum absolute atomic E-state index is 12.2. The Morgan fingerprint density at radius 2 is 1.84 bits per heavy atom. The van der Waals surface area contributed by atoms with Crippen LogP contribution in [0.3, 0.4) is 0 Å². The van der Waals surface area contributed by atoms with Crippen LogP contribution >= 0.6 is 22.9 Å². The largest absolute Gasteiger partial charge is 0.307 e. The lowest BCUT2D eigenvalue weighted by Crippen LogP contribution is -2.15. The summed E-state index contributed by atoms with van der Waals surface area (Å²) < 4.78 is 26.8. The molecule has 3 aromatic rings. The number of carbonyl (C=O) groups excluding carboxylic acids is 1. The average molecular weight is 395 g/mol. The van der Waals surface area contributed by atoms with Crippen molar-refractivity contribution in [2.75, 3.05) is 10.0 Å². The molecule has 2 N–H and O–H groups in total. The van der Waals surface area contributed by atoms with Crippen LogP contribution in [0.2, 0.25) is 5.02 Å². The normalized spacial score (nSPS) is 11.1. The molecule has 0 aliphatic heterocycles. The van der Waals surface area contributed by atoms with Crippen LogP contribution in [0.1, 0.15) is 10.4 Å². The van der Waals surface area contributed by atoms with E-state index in [1.54, 1.807) is 11.4 Å². The standard InChI is InChI=1S/C15H11ClN4O3S2/c16-11-5-6-17-13(9-11)19-14(21)10-1-3-12(4-2-10)25(22,23)20-15-18-7-8-24-15/h1-9H,(H,18,20)(H,17,19,21). The number of rotatable bonds is 5. The molecule has 0 saturated carbocycles. The highest BCUT2D eigenvalue weighted by atomic mass is 35.5. The van der Waals surface area contributed by atoms with E-state index in [-0.39, 0.29) is 15.6 Å². The minimum absolute atomic E-state index is 0.0279. The van der Waals surface area contributed by atoms with E-state index in [1.807, 2.05) is 0 Å². The number of amides is 1. The van der Waals surface area contributed by atoms with Crippen molar-refractivity contribution in [1.82, 2.24) is 9.97 Å². The molecule has 0 bridgehead atoms. The quantitative estimate of drug-likeness (QED) is 0.691. The van der Waals surface area contributed by atoms with Crippen LogP contribution < -0.4 is 10.0 Å². The zero-order chi connectivity index (χ0) is 17.9. The number of thiazole rings is 1. The van der Waals surface area contributed by atoms with E-state index < -0.39 is 15.9 Å². The Morgan fingerprint density at radius 3 is 2.48 bits per heavy atom. The Labute approximate surface area is 152 Å². The second-order valence-electron chi connectivity index (χ2n) is 4.78. The minimum atomic E-state index is -3.75. The smallest absolute Gasteiger partial charge is 0.263 e. The fourth-order valence-electron chi connectivity index (χ4n) is 1.89. The molecule has 0 fully saturated rings. The van der Waals surface area contributed by atoms with E-state index in [4.69, 9.17) is 11.6 Å². The first-order valence-electron chi connectivity index (χ1n) is 6.89. The summed E-state index contributed by atoms with van der Waals surface area (Å²) >= 11 is 7.01. The van der Waals surface area contributed by atoms with Gasteiger partial charge in [-0.05, 0) is 36.4 Å². The van der Waals surface area contributed by atoms with Gasteiger partial charge in [-0.1, -0.05) is 11.6 Å². The molecular formula is C15H11ClN4O3S2. The Kier molecular flexibility index (Phi) is 4.98. The number of carbonyl (C=O) groups is 1. The molecule has 128 valence electrons. The third kappa shape index (κ3) is 4.32. The number of nitrogens with zero attached hydrogens (tertiary/aromatic N) is 2. The van der Waals surface area contributed by atoms with Gasteiger partial charge in [0.25, 0.3) is 15.9 Å². The van der Waals surface area contributed by atoms with Gasteiger partial charge in [-0.15, -0.1) is 11.3 Å². The van der Waals surface area contributed by atoms with Crippen molar-refractivity contribution >= 4 is 49.8 Å². The molecule has 1 aromatic carbocycles. The summed E-state index contributed by atoms with van der Waals surface area (Å²) in [5.74, 6) is -0.119. The van der Waals surface area contributed by atoms with Crippen molar-refractivity contribution in [3.8, 4) is 0 Å². The lowest BCUT2D eigenvalue weighted by molar-refractivity contribution is 0.102.